The molecule has 10 heteroatoms. The fourth-order valence-corrected chi connectivity index (χ4v) is 3.39. The van der Waals surface area contributed by atoms with Crippen molar-refractivity contribution >= 4 is 39.1 Å². The number of rotatable bonds is 7. The number of hydrogen-bond acceptors (Lipinski definition) is 7. The Labute approximate surface area is 190 Å². The van der Waals surface area contributed by atoms with Gasteiger partial charge < -0.3 is 4.74 Å². The van der Waals surface area contributed by atoms with Crippen LogP contribution in [0.3, 0.4) is 0 Å². The van der Waals surface area contributed by atoms with Crippen LogP contribution in [0.4, 0.5) is 11.4 Å². The quantitative estimate of drug-likeness (QED) is 0.185. The number of nitro groups is 2. The summed E-state index contributed by atoms with van der Waals surface area (Å²) in [7, 11) is 0. The summed E-state index contributed by atoms with van der Waals surface area (Å²) < 4.78 is 5.80. The zero-order chi connectivity index (χ0) is 23.4. The lowest BCUT2D eigenvalue weighted by atomic mass is 9.99. The largest absolute Gasteiger partial charge is 0.445 e. The molecule has 3 rings (SSSR count). The summed E-state index contributed by atoms with van der Waals surface area (Å²) in [5.74, 6) is -1.50. The van der Waals surface area contributed by atoms with Gasteiger partial charge in [-0.2, -0.15) is 0 Å². The minimum Gasteiger partial charge on any atom is -0.445 e. The molecule has 0 saturated carbocycles. The third-order valence-electron chi connectivity index (χ3n) is 4.68. The van der Waals surface area contributed by atoms with E-state index in [1.165, 1.54) is 37.3 Å². The van der Waals surface area contributed by atoms with Crippen molar-refractivity contribution in [3.05, 3.63) is 114 Å². The minimum absolute atomic E-state index is 0.123. The van der Waals surface area contributed by atoms with E-state index in [0.717, 1.165) is 6.07 Å². The van der Waals surface area contributed by atoms with Crippen molar-refractivity contribution in [1.29, 1.82) is 0 Å². The van der Waals surface area contributed by atoms with E-state index in [2.05, 4.69) is 15.9 Å². The number of ether oxygens (including phenoxy) is 1. The van der Waals surface area contributed by atoms with Crippen molar-refractivity contribution in [1.82, 2.24) is 0 Å². The van der Waals surface area contributed by atoms with Gasteiger partial charge >= 0.3 is 5.97 Å². The number of carbonyl (C=O) groups is 2. The van der Waals surface area contributed by atoms with Crippen molar-refractivity contribution in [2.45, 2.75) is 13.0 Å². The predicted molar refractivity (Wildman–Crippen MR) is 118 cm³/mol. The number of carbonyl (C=O) groups excluding carboxylic acids is 2. The van der Waals surface area contributed by atoms with Gasteiger partial charge in [-0.3, -0.25) is 25.0 Å². The highest BCUT2D eigenvalue weighted by molar-refractivity contribution is 9.10. The molecule has 0 fully saturated rings. The summed E-state index contributed by atoms with van der Waals surface area (Å²) in [6.45, 7) is 1.52. The SMILES string of the molecule is Cc1c(Br)cc(C(=O)O[C@H](C(=O)c2ccccc2)c2ccc([N+](=O)[O-])cc2)cc1[N+](=O)[O-]. The molecule has 9 nitrogen and oxygen atoms in total. The Bertz CT molecular complexity index is 1210. The molecule has 0 spiro atoms. The smallest absolute Gasteiger partial charge is 0.339 e. The molecule has 0 heterocycles. The van der Waals surface area contributed by atoms with Gasteiger partial charge in [0.1, 0.15) is 0 Å². The van der Waals surface area contributed by atoms with Gasteiger partial charge in [0.05, 0.1) is 15.4 Å². The molecule has 0 amide bonds. The number of hydrogen-bond donors (Lipinski definition) is 0. The van der Waals surface area contributed by atoms with Crippen molar-refractivity contribution in [2.75, 3.05) is 0 Å². The zero-order valence-electron chi connectivity index (χ0n) is 16.6. The lowest BCUT2D eigenvalue weighted by Crippen LogP contribution is -2.20. The normalized spacial score (nSPS) is 11.4. The van der Waals surface area contributed by atoms with Crippen LogP contribution >= 0.6 is 15.9 Å². The van der Waals surface area contributed by atoms with Gasteiger partial charge in [-0.15, -0.1) is 0 Å². The standard InChI is InChI=1S/C22H15BrN2O7/c1-13-18(23)11-16(12-19(13)25(30)31)22(27)32-21(20(26)14-5-3-2-4-6-14)15-7-9-17(10-8-15)24(28)29/h2-12,21H,1H3/t21-/m0/s1. The molecule has 0 aliphatic heterocycles. The van der Waals surface area contributed by atoms with Gasteiger partial charge in [0.15, 0.2) is 6.10 Å². The number of nitrogens with zero attached hydrogens (tertiary/aromatic N) is 2. The molecule has 0 aliphatic rings. The third kappa shape index (κ3) is 4.86. The number of benzene rings is 3. The van der Waals surface area contributed by atoms with Crippen molar-refractivity contribution in [3.8, 4) is 0 Å². The molecule has 0 radical (unpaired) electrons. The van der Waals surface area contributed by atoms with Crippen LogP contribution in [-0.4, -0.2) is 21.6 Å². The molecule has 0 unspecified atom stereocenters. The average Bonchev–Trinajstić information content (AvgIpc) is 2.79. The van der Waals surface area contributed by atoms with E-state index in [1.807, 2.05) is 0 Å². The second kappa shape index (κ2) is 9.48. The molecule has 3 aromatic carbocycles. The van der Waals surface area contributed by atoms with Crippen molar-refractivity contribution < 1.29 is 24.2 Å². The van der Waals surface area contributed by atoms with Crippen LogP contribution in [0.25, 0.3) is 0 Å². The maximum Gasteiger partial charge on any atom is 0.339 e. The molecular formula is C22H15BrN2O7. The van der Waals surface area contributed by atoms with E-state index in [4.69, 9.17) is 4.74 Å². The maximum atomic E-state index is 13.1. The Morgan fingerprint density at radius 1 is 0.906 bits per heavy atom. The van der Waals surface area contributed by atoms with Gasteiger partial charge in [-0.05, 0) is 25.1 Å². The van der Waals surface area contributed by atoms with Crippen LogP contribution in [0.15, 0.2) is 71.2 Å². The third-order valence-corrected chi connectivity index (χ3v) is 5.50. The monoisotopic (exact) mass is 498 g/mol. The lowest BCUT2D eigenvalue weighted by molar-refractivity contribution is -0.385. The molecule has 0 aromatic heterocycles. The number of halogens is 1. The van der Waals surface area contributed by atoms with Crippen LogP contribution < -0.4 is 0 Å². The maximum absolute atomic E-state index is 13.1. The van der Waals surface area contributed by atoms with E-state index < -0.39 is 27.7 Å². The first-order valence-corrected chi connectivity index (χ1v) is 9.97. The number of esters is 1. The first kappa shape index (κ1) is 22.8. The number of nitro benzene ring substituents is 2. The molecule has 3 aromatic rings. The highest BCUT2D eigenvalue weighted by Crippen LogP contribution is 2.30. The Morgan fingerprint density at radius 2 is 1.53 bits per heavy atom. The highest BCUT2D eigenvalue weighted by atomic mass is 79.9. The molecule has 0 aliphatic carbocycles. The summed E-state index contributed by atoms with van der Waals surface area (Å²) in [6.07, 6.45) is -1.41. The summed E-state index contributed by atoms with van der Waals surface area (Å²) in [5.41, 5.74) is 0.218. The van der Waals surface area contributed by atoms with E-state index in [-0.39, 0.29) is 28.1 Å². The first-order chi connectivity index (χ1) is 15.2. The van der Waals surface area contributed by atoms with Gasteiger partial charge in [0, 0.05) is 39.4 Å². The van der Waals surface area contributed by atoms with Gasteiger partial charge in [0.2, 0.25) is 5.78 Å². The topological polar surface area (TPSA) is 130 Å². The molecule has 0 bridgehead atoms. The van der Waals surface area contributed by atoms with Crippen LogP contribution in [0.2, 0.25) is 0 Å². The van der Waals surface area contributed by atoms with E-state index in [0.29, 0.717) is 10.0 Å². The number of ketones is 1. The molecule has 0 saturated heterocycles. The average molecular weight is 499 g/mol. The molecular weight excluding hydrogens is 484 g/mol. The minimum atomic E-state index is -1.41. The van der Waals surface area contributed by atoms with Crippen LogP contribution in [-0.2, 0) is 4.74 Å². The van der Waals surface area contributed by atoms with Gasteiger partial charge in [0.25, 0.3) is 11.4 Å². The Hall–Kier alpha value is -3.92. The van der Waals surface area contributed by atoms with Gasteiger partial charge in [-0.25, -0.2) is 4.79 Å². The fraction of sp³-hybridized carbons (Fsp3) is 0.0909. The molecule has 1 atom stereocenters. The Morgan fingerprint density at radius 3 is 2.09 bits per heavy atom. The van der Waals surface area contributed by atoms with Gasteiger partial charge in [-0.1, -0.05) is 46.3 Å². The van der Waals surface area contributed by atoms with Crippen LogP contribution in [0.5, 0.6) is 0 Å². The second-order valence-corrected chi connectivity index (χ2v) is 7.58. The summed E-state index contributed by atoms with van der Waals surface area (Å²) >= 11 is 3.19. The summed E-state index contributed by atoms with van der Waals surface area (Å²) in [5, 5.41) is 22.2. The summed E-state index contributed by atoms with van der Waals surface area (Å²) in [4.78, 5) is 47.0. The second-order valence-electron chi connectivity index (χ2n) is 6.72. The molecule has 162 valence electrons. The van der Waals surface area contributed by atoms with E-state index in [1.54, 1.807) is 30.3 Å². The first-order valence-electron chi connectivity index (χ1n) is 9.18. The van der Waals surface area contributed by atoms with Crippen molar-refractivity contribution in [3.63, 3.8) is 0 Å². The number of non-ortho nitro benzene ring substituents is 1. The van der Waals surface area contributed by atoms with Crippen LogP contribution in [0, 0.1) is 27.2 Å². The lowest BCUT2D eigenvalue weighted by Gasteiger charge is -2.18. The number of Topliss-reactive ketones (excluding diaryl/α,β-unsaturated/α-hetero) is 1. The summed E-state index contributed by atoms with van der Waals surface area (Å²) in [6, 6.07) is 15.6. The molecule has 32 heavy (non-hydrogen) atoms. The van der Waals surface area contributed by atoms with E-state index >= 15 is 0 Å². The fourth-order valence-electron chi connectivity index (χ4n) is 2.94. The highest BCUT2D eigenvalue weighted by Gasteiger charge is 2.28. The predicted octanol–water partition coefficient (Wildman–Crippen LogP) is 5.35. The van der Waals surface area contributed by atoms with Crippen molar-refractivity contribution in [2.24, 2.45) is 0 Å². The Kier molecular flexibility index (Phi) is 6.74. The van der Waals surface area contributed by atoms with Crippen LogP contribution in [0.1, 0.15) is 37.9 Å². The zero-order valence-corrected chi connectivity index (χ0v) is 18.1. The van der Waals surface area contributed by atoms with E-state index in [9.17, 15) is 29.8 Å². The Balaban J connectivity index is 2.00. The molecule has 0 N–H and O–H groups in total.